The van der Waals surface area contributed by atoms with Crippen LogP contribution in [0.15, 0.2) is 66.0 Å². The lowest BCUT2D eigenvalue weighted by molar-refractivity contribution is 0.148. The van der Waals surface area contributed by atoms with Crippen molar-refractivity contribution in [3.05, 3.63) is 72.2 Å². The number of rotatable bonds is 8. The van der Waals surface area contributed by atoms with Crippen LogP contribution in [0.25, 0.3) is 16.7 Å². The quantitative estimate of drug-likeness (QED) is 0.468. The predicted molar refractivity (Wildman–Crippen MR) is 147 cm³/mol. The van der Waals surface area contributed by atoms with E-state index in [9.17, 15) is 8.42 Å². The fourth-order valence-corrected chi connectivity index (χ4v) is 5.85. The van der Waals surface area contributed by atoms with Crippen molar-refractivity contribution in [3.63, 3.8) is 0 Å². The number of sulfonamides is 1. The van der Waals surface area contributed by atoms with E-state index in [1.165, 1.54) is 18.9 Å². The molecule has 0 atom stereocenters. The number of nitrogens with one attached hydrogen (secondary N) is 1. The highest BCUT2D eigenvalue weighted by atomic mass is 32.2. The topological polar surface area (TPSA) is 96.9 Å². The highest BCUT2D eigenvalue weighted by Gasteiger charge is 2.23. The minimum absolute atomic E-state index is 0.0245. The molecule has 1 N–H and O–H groups in total. The van der Waals surface area contributed by atoms with Gasteiger partial charge in [0.05, 0.1) is 32.2 Å². The molecular weight excluding hydrogens is 502 g/mol. The SMILES string of the molecule is COc1ncc(C2=CCOCC2)cc1S(=O)(=O)Nc1cncc(-c2ccc(CN3CCN(C)CC3)cc2)c1. The van der Waals surface area contributed by atoms with E-state index in [4.69, 9.17) is 9.47 Å². The van der Waals surface area contributed by atoms with Gasteiger partial charge in [-0.05, 0) is 47.9 Å². The van der Waals surface area contributed by atoms with Gasteiger partial charge in [0.25, 0.3) is 10.0 Å². The molecule has 2 aliphatic heterocycles. The van der Waals surface area contributed by atoms with Crippen molar-refractivity contribution in [1.29, 1.82) is 0 Å². The van der Waals surface area contributed by atoms with E-state index in [1.54, 1.807) is 24.5 Å². The molecule has 1 aromatic carbocycles. The molecule has 1 saturated heterocycles. The third-order valence-corrected chi connectivity index (χ3v) is 8.29. The Balaban J connectivity index is 1.33. The summed E-state index contributed by atoms with van der Waals surface area (Å²) >= 11 is 0. The van der Waals surface area contributed by atoms with Crippen LogP contribution in [-0.4, -0.2) is 81.7 Å². The van der Waals surface area contributed by atoms with Gasteiger partial charge in [0.1, 0.15) is 4.90 Å². The van der Waals surface area contributed by atoms with Crippen LogP contribution in [0.2, 0.25) is 0 Å². The van der Waals surface area contributed by atoms with Gasteiger partial charge in [-0.25, -0.2) is 13.4 Å². The van der Waals surface area contributed by atoms with Crippen LogP contribution in [0.1, 0.15) is 17.5 Å². The van der Waals surface area contributed by atoms with Crippen molar-refractivity contribution in [2.75, 3.05) is 58.3 Å². The second-order valence-electron chi connectivity index (χ2n) is 9.63. The van der Waals surface area contributed by atoms with Crippen molar-refractivity contribution in [1.82, 2.24) is 19.8 Å². The van der Waals surface area contributed by atoms with E-state index in [2.05, 4.69) is 55.8 Å². The minimum atomic E-state index is -3.99. The molecule has 9 nitrogen and oxygen atoms in total. The molecule has 4 heterocycles. The lowest BCUT2D eigenvalue weighted by Crippen LogP contribution is -2.43. The van der Waals surface area contributed by atoms with E-state index < -0.39 is 10.0 Å². The summed E-state index contributed by atoms with van der Waals surface area (Å²) in [6.07, 6.45) is 7.49. The first kappa shape index (κ1) is 26.3. The van der Waals surface area contributed by atoms with Gasteiger partial charge in [-0.3, -0.25) is 14.6 Å². The lowest BCUT2D eigenvalue weighted by atomic mass is 10.0. The van der Waals surface area contributed by atoms with Crippen LogP contribution >= 0.6 is 0 Å². The summed E-state index contributed by atoms with van der Waals surface area (Å²) in [5.41, 5.74) is 5.14. The molecule has 0 saturated carbocycles. The number of likely N-dealkylation sites (N-methyl/N-ethyl adjacent to an activating group) is 1. The van der Waals surface area contributed by atoms with Crippen LogP contribution in [0, 0.1) is 0 Å². The van der Waals surface area contributed by atoms with Gasteiger partial charge in [-0.1, -0.05) is 30.3 Å². The molecular formula is C28H33N5O4S. The van der Waals surface area contributed by atoms with Gasteiger partial charge >= 0.3 is 0 Å². The summed E-state index contributed by atoms with van der Waals surface area (Å²) < 4.78 is 40.1. The molecule has 0 spiro atoms. The Bertz CT molecular complexity index is 1400. The highest BCUT2D eigenvalue weighted by molar-refractivity contribution is 7.92. The van der Waals surface area contributed by atoms with E-state index in [-0.39, 0.29) is 10.8 Å². The van der Waals surface area contributed by atoms with Crippen LogP contribution in [0.3, 0.4) is 0 Å². The molecule has 0 aliphatic carbocycles. The molecule has 2 aromatic heterocycles. The van der Waals surface area contributed by atoms with Gasteiger partial charge in [-0.2, -0.15) is 0 Å². The van der Waals surface area contributed by atoms with Gasteiger partial charge in [0.2, 0.25) is 5.88 Å². The maximum atomic E-state index is 13.4. The molecule has 10 heteroatoms. The Labute approximate surface area is 224 Å². The molecule has 0 amide bonds. The van der Waals surface area contributed by atoms with Gasteiger partial charge < -0.3 is 14.4 Å². The number of piperazine rings is 1. The van der Waals surface area contributed by atoms with Crippen LogP contribution < -0.4 is 9.46 Å². The number of pyridine rings is 2. The Kier molecular flexibility index (Phi) is 8.04. The number of aromatic nitrogens is 2. The second kappa shape index (κ2) is 11.6. The monoisotopic (exact) mass is 535 g/mol. The number of hydrogen-bond acceptors (Lipinski definition) is 8. The highest BCUT2D eigenvalue weighted by Crippen LogP contribution is 2.30. The number of methoxy groups -OCH3 is 1. The molecule has 3 aromatic rings. The van der Waals surface area contributed by atoms with Crippen LogP contribution in [0.5, 0.6) is 5.88 Å². The van der Waals surface area contributed by atoms with Crippen LogP contribution in [0.4, 0.5) is 5.69 Å². The zero-order chi connectivity index (χ0) is 26.5. The van der Waals surface area contributed by atoms with Crippen LogP contribution in [-0.2, 0) is 21.3 Å². The second-order valence-corrected chi connectivity index (χ2v) is 11.3. The summed E-state index contributed by atoms with van der Waals surface area (Å²) in [6.45, 7) is 6.33. The molecule has 0 bridgehead atoms. The molecule has 200 valence electrons. The van der Waals surface area contributed by atoms with Gasteiger partial charge in [0, 0.05) is 50.7 Å². The first-order chi connectivity index (χ1) is 18.4. The number of ether oxygens (including phenoxy) is 2. The van der Waals surface area contributed by atoms with E-state index in [0.717, 1.165) is 55.0 Å². The average molecular weight is 536 g/mol. The summed E-state index contributed by atoms with van der Waals surface area (Å²) in [5.74, 6) is 0.0361. The number of nitrogens with zero attached hydrogens (tertiary/aromatic N) is 4. The molecule has 2 aliphatic rings. The maximum absolute atomic E-state index is 13.4. The lowest BCUT2D eigenvalue weighted by Gasteiger charge is -2.32. The van der Waals surface area contributed by atoms with E-state index in [0.29, 0.717) is 25.3 Å². The third-order valence-electron chi connectivity index (χ3n) is 6.92. The maximum Gasteiger partial charge on any atom is 0.267 e. The predicted octanol–water partition coefficient (Wildman–Crippen LogP) is 3.50. The Morgan fingerprint density at radius 2 is 1.79 bits per heavy atom. The zero-order valence-electron chi connectivity index (χ0n) is 21.8. The smallest absolute Gasteiger partial charge is 0.267 e. The third kappa shape index (κ3) is 6.21. The Hall–Kier alpha value is -3.31. The van der Waals surface area contributed by atoms with E-state index in [1.807, 2.05) is 6.08 Å². The number of anilines is 1. The summed E-state index contributed by atoms with van der Waals surface area (Å²) in [5, 5.41) is 0. The minimum Gasteiger partial charge on any atom is -0.480 e. The van der Waals surface area contributed by atoms with Crippen molar-refractivity contribution in [2.24, 2.45) is 0 Å². The zero-order valence-corrected chi connectivity index (χ0v) is 22.6. The van der Waals surface area contributed by atoms with Gasteiger partial charge in [0.15, 0.2) is 0 Å². The fraction of sp³-hybridized carbons (Fsp3) is 0.357. The largest absolute Gasteiger partial charge is 0.480 e. The molecule has 1 fully saturated rings. The Morgan fingerprint density at radius 3 is 2.50 bits per heavy atom. The first-order valence-electron chi connectivity index (χ1n) is 12.7. The molecule has 5 rings (SSSR count). The standard InChI is InChI=1S/C28H33N5O4S/c1-32-9-11-33(12-10-32)20-21-3-5-22(6-4-21)24-15-26(19-29-17-24)31-38(34,35)27-16-25(18-30-28(27)36-2)23-7-13-37-14-8-23/h3-7,15-19,31H,8-14,20H2,1-2H3. The molecule has 38 heavy (non-hydrogen) atoms. The number of hydrogen-bond donors (Lipinski definition) is 1. The van der Waals surface area contributed by atoms with Crippen molar-refractivity contribution in [3.8, 4) is 17.0 Å². The van der Waals surface area contributed by atoms with Gasteiger partial charge in [-0.15, -0.1) is 0 Å². The normalized spacial score (nSPS) is 17.2. The number of benzene rings is 1. The fourth-order valence-electron chi connectivity index (χ4n) is 4.67. The first-order valence-corrected chi connectivity index (χ1v) is 14.2. The van der Waals surface area contributed by atoms with Crippen molar-refractivity contribution < 1.29 is 17.9 Å². The summed E-state index contributed by atoms with van der Waals surface area (Å²) in [4.78, 5) is 13.3. The molecule has 0 unspecified atom stereocenters. The summed E-state index contributed by atoms with van der Waals surface area (Å²) in [6, 6.07) is 11.7. The van der Waals surface area contributed by atoms with Crippen molar-refractivity contribution in [2.45, 2.75) is 17.9 Å². The van der Waals surface area contributed by atoms with Crippen molar-refractivity contribution >= 4 is 21.3 Å². The average Bonchev–Trinajstić information content (AvgIpc) is 2.95. The van der Waals surface area contributed by atoms with E-state index >= 15 is 0 Å². The Morgan fingerprint density at radius 1 is 1.00 bits per heavy atom. The molecule has 0 radical (unpaired) electrons. The summed E-state index contributed by atoms with van der Waals surface area (Å²) in [7, 11) is -0.424.